The normalized spacial score (nSPS) is 12.2. The topological polar surface area (TPSA) is 90.0 Å². The number of hydrogen-bond acceptors (Lipinski definition) is 4. The molecular weight excluding hydrogens is 244 g/mol. The monoisotopic (exact) mass is 256 g/mol. The second-order valence-corrected chi connectivity index (χ2v) is 5.06. The van der Waals surface area contributed by atoms with Gasteiger partial charge in [0.25, 0.3) is 0 Å². The van der Waals surface area contributed by atoms with Gasteiger partial charge in [-0.25, -0.2) is 9.97 Å². The Labute approximate surface area is 98.5 Å². The van der Waals surface area contributed by atoms with Crippen molar-refractivity contribution >= 4 is 10.1 Å². The lowest BCUT2D eigenvalue weighted by Crippen LogP contribution is -2.27. The lowest BCUT2D eigenvalue weighted by Gasteiger charge is -2.19. The van der Waals surface area contributed by atoms with Crippen molar-refractivity contribution in [1.29, 1.82) is 0 Å². The van der Waals surface area contributed by atoms with Crippen molar-refractivity contribution in [3.8, 4) is 0 Å². The molecule has 0 saturated heterocycles. The summed E-state index contributed by atoms with van der Waals surface area (Å²) in [6.07, 6.45) is 5.93. The van der Waals surface area contributed by atoms with E-state index in [2.05, 4.69) is 9.97 Å². The standard InChI is InChI=1S/C9H12N4O3S/c1-7-10-3-5-12(7)9(17(14,15)16)13-6-4-11-8(13)2/h3-6,9H,1-2H3,(H,14,15,16). The third-order valence-corrected chi connectivity index (χ3v) is 3.45. The van der Waals surface area contributed by atoms with E-state index in [4.69, 9.17) is 0 Å². The Kier molecular flexibility index (Phi) is 2.76. The molecule has 0 saturated carbocycles. The van der Waals surface area contributed by atoms with Gasteiger partial charge in [-0.15, -0.1) is 0 Å². The van der Waals surface area contributed by atoms with Gasteiger partial charge < -0.3 is 0 Å². The van der Waals surface area contributed by atoms with Crippen LogP contribution in [-0.2, 0) is 10.1 Å². The molecule has 8 heteroatoms. The van der Waals surface area contributed by atoms with Gasteiger partial charge in [0, 0.05) is 24.8 Å². The lowest BCUT2D eigenvalue weighted by molar-refractivity contribution is 0.417. The molecule has 0 atom stereocenters. The number of hydrogen-bond donors (Lipinski definition) is 1. The van der Waals surface area contributed by atoms with E-state index in [1.165, 1.54) is 33.9 Å². The average Bonchev–Trinajstić information content (AvgIpc) is 2.77. The largest absolute Gasteiger partial charge is 0.306 e. The van der Waals surface area contributed by atoms with E-state index in [1.807, 2.05) is 0 Å². The zero-order valence-corrected chi connectivity index (χ0v) is 10.2. The third-order valence-electron chi connectivity index (χ3n) is 2.47. The van der Waals surface area contributed by atoms with E-state index < -0.39 is 15.6 Å². The highest BCUT2D eigenvalue weighted by Crippen LogP contribution is 2.19. The van der Waals surface area contributed by atoms with Crippen LogP contribution in [0.5, 0.6) is 0 Å². The molecule has 2 aromatic rings. The van der Waals surface area contributed by atoms with Crippen LogP contribution >= 0.6 is 0 Å². The number of nitrogens with zero attached hydrogens (tertiary/aromatic N) is 4. The van der Waals surface area contributed by atoms with Crippen LogP contribution in [0.2, 0.25) is 0 Å². The fourth-order valence-corrected chi connectivity index (χ4v) is 2.68. The predicted molar refractivity (Wildman–Crippen MR) is 59.9 cm³/mol. The summed E-state index contributed by atoms with van der Waals surface area (Å²) in [5, 5.41) is 0. The highest BCUT2D eigenvalue weighted by atomic mass is 32.2. The Balaban J connectivity index is 2.63. The van der Waals surface area contributed by atoms with E-state index in [-0.39, 0.29) is 0 Å². The summed E-state index contributed by atoms with van der Waals surface area (Å²) in [4.78, 5) is 7.89. The number of rotatable bonds is 3. The molecule has 7 nitrogen and oxygen atoms in total. The highest BCUT2D eigenvalue weighted by molar-refractivity contribution is 7.85. The van der Waals surface area contributed by atoms with Gasteiger partial charge in [-0.3, -0.25) is 13.7 Å². The number of aryl methyl sites for hydroxylation is 2. The summed E-state index contributed by atoms with van der Waals surface area (Å²) >= 11 is 0. The predicted octanol–water partition coefficient (Wildman–Crippen LogP) is 0.589. The maximum absolute atomic E-state index is 11.5. The first-order chi connectivity index (χ1) is 7.91. The number of imidazole rings is 2. The smallest absolute Gasteiger partial charge is 0.298 e. The molecule has 17 heavy (non-hydrogen) atoms. The molecule has 0 aliphatic heterocycles. The lowest BCUT2D eigenvalue weighted by atomic mass is 10.6. The first kappa shape index (κ1) is 11.8. The van der Waals surface area contributed by atoms with Crippen LogP contribution in [0.3, 0.4) is 0 Å². The van der Waals surface area contributed by atoms with Crippen molar-refractivity contribution in [3.63, 3.8) is 0 Å². The van der Waals surface area contributed by atoms with Crippen LogP contribution in [0.4, 0.5) is 0 Å². The molecule has 0 spiro atoms. The first-order valence-corrected chi connectivity index (χ1v) is 6.37. The molecule has 0 fully saturated rings. The van der Waals surface area contributed by atoms with Crippen LogP contribution in [0.25, 0.3) is 0 Å². The Morgan fingerprint density at radius 2 is 1.53 bits per heavy atom. The maximum Gasteiger partial charge on any atom is 0.306 e. The molecule has 2 aromatic heterocycles. The van der Waals surface area contributed by atoms with Gasteiger partial charge in [0.2, 0.25) is 5.50 Å². The van der Waals surface area contributed by atoms with Crippen LogP contribution in [0.15, 0.2) is 24.8 Å². The molecule has 2 rings (SSSR count). The Morgan fingerprint density at radius 3 is 1.76 bits per heavy atom. The van der Waals surface area contributed by atoms with Gasteiger partial charge >= 0.3 is 10.1 Å². The Morgan fingerprint density at radius 1 is 1.12 bits per heavy atom. The maximum atomic E-state index is 11.5. The second kappa shape index (κ2) is 3.97. The Bertz CT molecular complexity index is 588. The fourth-order valence-electron chi connectivity index (χ4n) is 1.66. The van der Waals surface area contributed by atoms with Gasteiger partial charge in [0.1, 0.15) is 11.6 Å². The van der Waals surface area contributed by atoms with Gasteiger partial charge in [0.05, 0.1) is 0 Å². The zero-order chi connectivity index (χ0) is 12.6. The summed E-state index contributed by atoms with van der Waals surface area (Å²) in [6, 6.07) is 0. The van der Waals surface area contributed by atoms with Crippen molar-refractivity contribution in [2.24, 2.45) is 0 Å². The summed E-state index contributed by atoms with van der Waals surface area (Å²) in [5.74, 6) is 0.974. The van der Waals surface area contributed by atoms with Crippen LogP contribution in [0, 0.1) is 13.8 Å². The quantitative estimate of drug-likeness (QED) is 0.812. The average molecular weight is 256 g/mol. The molecule has 92 valence electrons. The fraction of sp³-hybridized carbons (Fsp3) is 0.333. The zero-order valence-electron chi connectivity index (χ0n) is 9.35. The summed E-state index contributed by atoms with van der Waals surface area (Å²) < 4.78 is 35.1. The van der Waals surface area contributed by atoms with Gasteiger partial charge in [-0.05, 0) is 13.8 Å². The van der Waals surface area contributed by atoms with Gasteiger partial charge in [-0.1, -0.05) is 0 Å². The van der Waals surface area contributed by atoms with Crippen molar-refractivity contribution in [2.75, 3.05) is 0 Å². The molecule has 0 aliphatic carbocycles. The minimum atomic E-state index is -4.31. The molecule has 0 unspecified atom stereocenters. The van der Waals surface area contributed by atoms with Crippen molar-refractivity contribution < 1.29 is 13.0 Å². The van der Waals surface area contributed by atoms with E-state index >= 15 is 0 Å². The van der Waals surface area contributed by atoms with Gasteiger partial charge in [-0.2, -0.15) is 8.42 Å². The summed E-state index contributed by atoms with van der Waals surface area (Å²) in [5.41, 5.74) is -1.27. The van der Waals surface area contributed by atoms with Crippen LogP contribution in [0.1, 0.15) is 17.1 Å². The van der Waals surface area contributed by atoms with Crippen LogP contribution in [-0.4, -0.2) is 32.1 Å². The minimum Gasteiger partial charge on any atom is -0.298 e. The summed E-state index contributed by atoms with van der Waals surface area (Å²) in [7, 11) is -4.31. The van der Waals surface area contributed by atoms with Crippen molar-refractivity contribution in [2.45, 2.75) is 19.3 Å². The molecule has 0 amide bonds. The van der Waals surface area contributed by atoms with Crippen molar-refractivity contribution in [3.05, 3.63) is 36.4 Å². The van der Waals surface area contributed by atoms with E-state index in [9.17, 15) is 13.0 Å². The van der Waals surface area contributed by atoms with Crippen LogP contribution < -0.4 is 0 Å². The number of aromatic nitrogens is 4. The molecule has 0 aliphatic rings. The molecule has 0 aromatic carbocycles. The van der Waals surface area contributed by atoms with Crippen molar-refractivity contribution in [1.82, 2.24) is 19.1 Å². The minimum absolute atomic E-state index is 0.487. The molecular formula is C9H12N4O3S. The molecule has 0 bridgehead atoms. The molecule has 1 N–H and O–H groups in total. The highest BCUT2D eigenvalue weighted by Gasteiger charge is 2.28. The van der Waals surface area contributed by atoms with E-state index in [0.29, 0.717) is 11.6 Å². The second-order valence-electron chi connectivity index (χ2n) is 3.60. The third kappa shape index (κ3) is 2.08. The molecule has 2 heterocycles. The van der Waals surface area contributed by atoms with E-state index in [0.717, 1.165) is 0 Å². The summed E-state index contributed by atoms with van der Waals surface area (Å²) in [6.45, 7) is 3.31. The van der Waals surface area contributed by atoms with E-state index in [1.54, 1.807) is 13.8 Å². The Hall–Kier alpha value is -1.67. The first-order valence-electron chi connectivity index (χ1n) is 4.86. The molecule has 0 radical (unpaired) electrons. The SMILES string of the molecule is Cc1nccn1C(n1ccnc1C)S(=O)(=O)O. The van der Waals surface area contributed by atoms with Gasteiger partial charge in [0.15, 0.2) is 0 Å².